The van der Waals surface area contributed by atoms with E-state index in [1.165, 1.54) is 17.4 Å². The molecule has 29 heavy (non-hydrogen) atoms. The van der Waals surface area contributed by atoms with E-state index < -0.39 is 0 Å². The summed E-state index contributed by atoms with van der Waals surface area (Å²) in [6.45, 7) is 10.5. The van der Waals surface area contributed by atoms with Crippen LogP contribution in [0.4, 0.5) is 11.6 Å². The zero-order valence-electron chi connectivity index (χ0n) is 17.8. The van der Waals surface area contributed by atoms with E-state index in [4.69, 9.17) is 5.10 Å². The maximum Gasteiger partial charge on any atom is 0.227 e. The highest BCUT2D eigenvalue weighted by Crippen LogP contribution is 2.45. The third-order valence-electron chi connectivity index (χ3n) is 5.85. The highest BCUT2D eigenvalue weighted by Gasteiger charge is 2.45. The Labute approximate surface area is 176 Å². The monoisotopic (exact) mass is 411 g/mol. The van der Waals surface area contributed by atoms with Crippen LogP contribution in [0.3, 0.4) is 0 Å². The minimum atomic E-state index is -0.258. The summed E-state index contributed by atoms with van der Waals surface area (Å²) in [5, 5.41) is 8.80. The molecule has 1 aromatic carbocycles. The van der Waals surface area contributed by atoms with Crippen LogP contribution in [0.25, 0.3) is 0 Å². The van der Waals surface area contributed by atoms with E-state index >= 15 is 0 Å². The van der Waals surface area contributed by atoms with Crippen molar-refractivity contribution in [1.82, 2.24) is 14.8 Å². The molecule has 7 heteroatoms. The second kappa shape index (κ2) is 7.52. The van der Waals surface area contributed by atoms with Crippen LogP contribution >= 0.6 is 11.8 Å². The van der Waals surface area contributed by atoms with E-state index in [9.17, 15) is 4.79 Å². The fourth-order valence-corrected chi connectivity index (χ4v) is 4.85. The lowest BCUT2D eigenvalue weighted by Gasteiger charge is -2.40. The maximum atomic E-state index is 13.2. The van der Waals surface area contributed by atoms with Crippen LogP contribution in [0.1, 0.15) is 45.7 Å². The average molecular weight is 412 g/mol. The van der Waals surface area contributed by atoms with Crippen molar-refractivity contribution in [2.24, 2.45) is 11.3 Å². The first-order chi connectivity index (χ1) is 13.9. The lowest BCUT2D eigenvalue weighted by Crippen LogP contribution is -2.42. The average Bonchev–Trinajstić information content (AvgIpc) is 3.10. The van der Waals surface area contributed by atoms with Gasteiger partial charge in [-0.25, -0.2) is 4.68 Å². The van der Waals surface area contributed by atoms with E-state index in [1.807, 2.05) is 10.9 Å². The number of rotatable bonds is 5. The van der Waals surface area contributed by atoms with Crippen LogP contribution < -0.4 is 10.2 Å². The van der Waals surface area contributed by atoms with Crippen LogP contribution in [-0.2, 0) is 4.79 Å². The number of aromatic nitrogens is 3. The molecule has 2 aliphatic rings. The molecule has 2 atom stereocenters. The first-order valence-electron chi connectivity index (χ1n) is 10.2. The van der Waals surface area contributed by atoms with Crippen LogP contribution in [0.15, 0.2) is 41.2 Å². The largest absolute Gasteiger partial charge is 0.372 e. The Balaban J connectivity index is 1.81. The SMILES string of the molecule is CCN(CC)c1ccc([C@@H]2[C@H]3C(=O)CC(C)(C)C=C3Nc3nc(SC)nn32)cc1. The summed E-state index contributed by atoms with van der Waals surface area (Å²) in [6, 6.07) is 8.39. The van der Waals surface area contributed by atoms with Gasteiger partial charge in [0.15, 0.2) is 0 Å². The number of carbonyl (C=O) groups is 1. The summed E-state index contributed by atoms with van der Waals surface area (Å²) < 4.78 is 1.90. The highest BCUT2D eigenvalue weighted by molar-refractivity contribution is 7.98. The van der Waals surface area contributed by atoms with Gasteiger partial charge in [-0.05, 0) is 43.2 Å². The molecule has 1 aliphatic carbocycles. The summed E-state index contributed by atoms with van der Waals surface area (Å²) in [4.78, 5) is 20.2. The molecular weight excluding hydrogens is 382 g/mol. The van der Waals surface area contributed by atoms with E-state index in [0.29, 0.717) is 17.5 Å². The van der Waals surface area contributed by atoms with Gasteiger partial charge in [-0.1, -0.05) is 43.8 Å². The zero-order valence-corrected chi connectivity index (χ0v) is 18.6. The van der Waals surface area contributed by atoms with Gasteiger partial charge in [-0.15, -0.1) is 5.10 Å². The number of hydrogen-bond acceptors (Lipinski definition) is 6. The van der Waals surface area contributed by atoms with Crippen molar-refractivity contribution in [2.75, 3.05) is 29.6 Å². The molecule has 2 heterocycles. The molecule has 0 saturated heterocycles. The predicted molar refractivity (Wildman–Crippen MR) is 119 cm³/mol. The van der Waals surface area contributed by atoms with Gasteiger partial charge in [0.25, 0.3) is 0 Å². The number of hydrogen-bond donors (Lipinski definition) is 1. The van der Waals surface area contributed by atoms with Crippen molar-refractivity contribution in [2.45, 2.75) is 45.3 Å². The Bertz CT molecular complexity index is 943. The molecule has 1 N–H and O–H groups in total. The molecule has 0 amide bonds. The molecule has 0 spiro atoms. The zero-order chi connectivity index (χ0) is 20.8. The van der Waals surface area contributed by atoms with Gasteiger partial charge in [-0.3, -0.25) is 4.79 Å². The molecule has 1 aromatic heterocycles. The van der Waals surface area contributed by atoms with E-state index in [1.54, 1.807) is 0 Å². The van der Waals surface area contributed by atoms with E-state index in [0.717, 1.165) is 24.4 Å². The van der Waals surface area contributed by atoms with Crippen molar-refractivity contribution in [3.05, 3.63) is 41.6 Å². The molecule has 2 aromatic rings. The minimum Gasteiger partial charge on any atom is -0.372 e. The predicted octanol–water partition coefficient (Wildman–Crippen LogP) is 4.36. The van der Waals surface area contributed by atoms with Crippen molar-refractivity contribution in [3.63, 3.8) is 0 Å². The smallest absolute Gasteiger partial charge is 0.227 e. The van der Waals surface area contributed by atoms with Crippen LogP contribution in [-0.4, -0.2) is 39.9 Å². The summed E-state index contributed by atoms with van der Waals surface area (Å²) in [5.74, 6) is 0.705. The van der Waals surface area contributed by atoms with Gasteiger partial charge in [0.05, 0.1) is 12.0 Å². The Morgan fingerprint density at radius 2 is 1.93 bits per heavy atom. The molecule has 0 fully saturated rings. The first kappa shape index (κ1) is 20.0. The highest BCUT2D eigenvalue weighted by atomic mass is 32.2. The number of nitrogens with one attached hydrogen (secondary N) is 1. The van der Waals surface area contributed by atoms with E-state index in [-0.39, 0.29) is 23.2 Å². The maximum absolute atomic E-state index is 13.2. The van der Waals surface area contributed by atoms with Crippen molar-refractivity contribution < 1.29 is 4.79 Å². The first-order valence-corrected chi connectivity index (χ1v) is 11.5. The minimum absolute atomic E-state index is 0.155. The van der Waals surface area contributed by atoms with Crippen LogP contribution in [0.5, 0.6) is 0 Å². The summed E-state index contributed by atoms with van der Waals surface area (Å²) in [6.07, 6.45) is 4.71. The number of nitrogens with zero attached hydrogens (tertiary/aromatic N) is 4. The van der Waals surface area contributed by atoms with Crippen molar-refractivity contribution in [3.8, 4) is 0 Å². The molecule has 4 rings (SSSR count). The fourth-order valence-electron chi connectivity index (χ4n) is 4.50. The molecule has 0 unspecified atom stereocenters. The van der Waals surface area contributed by atoms with Gasteiger partial charge in [-0.2, -0.15) is 4.98 Å². The van der Waals surface area contributed by atoms with Gasteiger partial charge in [0.2, 0.25) is 11.1 Å². The number of allylic oxidation sites excluding steroid dienone is 2. The number of anilines is 2. The normalized spacial score (nSPS) is 22.4. The van der Waals surface area contributed by atoms with Crippen LogP contribution in [0, 0.1) is 11.3 Å². The second-order valence-corrected chi connectivity index (χ2v) is 9.18. The molecule has 0 radical (unpaired) electrons. The number of carbonyl (C=O) groups excluding carboxylic acids is 1. The van der Waals surface area contributed by atoms with Crippen molar-refractivity contribution >= 4 is 29.2 Å². The number of Topliss-reactive ketones (excluding diaryl/α,β-unsaturated/α-hetero) is 1. The number of thioether (sulfide) groups is 1. The standard InChI is InChI=1S/C22H29N5OS/c1-6-26(7-2)15-10-8-14(9-11-15)19-18-16(12-22(3,4)13-17(18)28)23-20-24-21(29-5)25-27(19)20/h8-12,18-19H,6-7,13H2,1-5H3,(H,23,24,25)/t18-,19-/m1/s1. The topological polar surface area (TPSA) is 63.1 Å². The fraction of sp³-hybridized carbons (Fsp3) is 0.500. The lowest BCUT2D eigenvalue weighted by atomic mass is 9.72. The third-order valence-corrected chi connectivity index (χ3v) is 6.39. The molecule has 154 valence electrons. The van der Waals surface area contributed by atoms with Gasteiger partial charge < -0.3 is 10.2 Å². The number of benzene rings is 1. The Kier molecular flexibility index (Phi) is 5.19. The molecule has 0 saturated carbocycles. The van der Waals surface area contributed by atoms with Crippen molar-refractivity contribution in [1.29, 1.82) is 0 Å². The second-order valence-electron chi connectivity index (χ2n) is 8.41. The Morgan fingerprint density at radius 1 is 1.24 bits per heavy atom. The number of ketones is 1. The summed E-state index contributed by atoms with van der Waals surface area (Å²) >= 11 is 1.51. The lowest BCUT2D eigenvalue weighted by molar-refractivity contribution is -0.125. The van der Waals surface area contributed by atoms with Gasteiger partial charge in [0.1, 0.15) is 5.78 Å². The quantitative estimate of drug-likeness (QED) is 0.738. The molecule has 1 aliphatic heterocycles. The molecule has 6 nitrogen and oxygen atoms in total. The summed E-state index contributed by atoms with van der Waals surface area (Å²) in [7, 11) is 0. The summed E-state index contributed by atoms with van der Waals surface area (Å²) in [5.41, 5.74) is 3.09. The van der Waals surface area contributed by atoms with E-state index in [2.05, 4.69) is 73.2 Å². The molecule has 0 bridgehead atoms. The molecular formula is C22H29N5OS. The van der Waals surface area contributed by atoms with Crippen LogP contribution in [0.2, 0.25) is 0 Å². The number of fused-ring (bicyclic) bond motifs is 2. The Morgan fingerprint density at radius 3 is 2.55 bits per heavy atom. The van der Waals surface area contributed by atoms with Gasteiger partial charge in [0, 0.05) is 30.9 Å². The Hall–Kier alpha value is -2.28. The van der Waals surface area contributed by atoms with Gasteiger partial charge >= 0.3 is 0 Å². The third kappa shape index (κ3) is 3.56.